The first-order valence-corrected chi connectivity index (χ1v) is 13.2. The van der Waals surface area contributed by atoms with E-state index in [1.807, 2.05) is 32.0 Å². The van der Waals surface area contributed by atoms with Gasteiger partial charge in [-0.2, -0.15) is 4.31 Å². The van der Waals surface area contributed by atoms with E-state index in [0.717, 1.165) is 22.4 Å². The van der Waals surface area contributed by atoms with Gasteiger partial charge in [-0.25, -0.2) is 8.42 Å². The van der Waals surface area contributed by atoms with Crippen LogP contribution in [0.4, 0.5) is 0 Å². The van der Waals surface area contributed by atoms with Crippen molar-refractivity contribution in [2.45, 2.75) is 24.8 Å². The zero-order valence-electron chi connectivity index (χ0n) is 18.3. The lowest BCUT2D eigenvalue weighted by Crippen LogP contribution is -2.50. The molecule has 1 aromatic heterocycles. The maximum atomic E-state index is 13.2. The van der Waals surface area contributed by atoms with Gasteiger partial charge in [0.25, 0.3) is 0 Å². The average Bonchev–Trinajstić information content (AvgIpc) is 3.13. The third kappa shape index (κ3) is 4.77. The van der Waals surface area contributed by atoms with E-state index in [9.17, 15) is 18.0 Å². The molecule has 1 aliphatic rings. The van der Waals surface area contributed by atoms with E-state index in [1.54, 1.807) is 39.8 Å². The number of rotatable bonds is 5. The lowest BCUT2D eigenvalue weighted by Gasteiger charge is -2.33. The van der Waals surface area contributed by atoms with Gasteiger partial charge in [0.1, 0.15) is 0 Å². The molecule has 7 nitrogen and oxygen atoms in total. The second kappa shape index (κ2) is 9.42. The summed E-state index contributed by atoms with van der Waals surface area (Å²) >= 11 is 7.16. The number of halogens is 1. The molecule has 3 aromatic rings. The Morgan fingerprint density at radius 2 is 1.79 bits per heavy atom. The summed E-state index contributed by atoms with van der Waals surface area (Å²) in [5.41, 5.74) is 1.48. The number of sulfonamides is 1. The Labute approximate surface area is 201 Å². The molecule has 0 bridgehead atoms. The van der Waals surface area contributed by atoms with Crippen molar-refractivity contribution < 1.29 is 13.2 Å². The molecule has 2 aromatic carbocycles. The van der Waals surface area contributed by atoms with E-state index in [-0.39, 0.29) is 34.8 Å². The summed E-state index contributed by atoms with van der Waals surface area (Å²) in [6.45, 7) is 4.84. The van der Waals surface area contributed by atoms with Crippen LogP contribution in [0.2, 0.25) is 5.02 Å². The molecule has 1 fully saturated rings. The lowest BCUT2D eigenvalue weighted by atomic mass is 10.2. The van der Waals surface area contributed by atoms with Gasteiger partial charge >= 0.3 is 4.87 Å². The molecule has 4 rings (SSSR count). The number of thiazole rings is 1. The van der Waals surface area contributed by atoms with Crippen LogP contribution in [0.1, 0.15) is 25.5 Å². The number of nitrogens with zero attached hydrogens (tertiary/aromatic N) is 3. The molecule has 33 heavy (non-hydrogen) atoms. The van der Waals surface area contributed by atoms with Crippen molar-refractivity contribution >= 4 is 55.2 Å². The zero-order chi connectivity index (χ0) is 23.8. The van der Waals surface area contributed by atoms with Crippen molar-refractivity contribution in [3.8, 4) is 0 Å². The Morgan fingerprint density at radius 3 is 2.45 bits per heavy atom. The first kappa shape index (κ1) is 23.7. The van der Waals surface area contributed by atoms with E-state index >= 15 is 0 Å². The van der Waals surface area contributed by atoms with Crippen molar-refractivity contribution in [2.75, 3.05) is 26.2 Å². The van der Waals surface area contributed by atoms with Gasteiger partial charge in [-0.05, 0) is 49.8 Å². The third-order valence-corrected chi connectivity index (χ3v) is 8.76. The maximum absolute atomic E-state index is 13.2. The smallest absolute Gasteiger partial charge is 0.308 e. The fourth-order valence-corrected chi connectivity index (χ4v) is 6.62. The minimum atomic E-state index is -3.73. The molecular formula is C23H24ClN3O4S2. The van der Waals surface area contributed by atoms with Gasteiger partial charge < -0.3 is 4.90 Å². The van der Waals surface area contributed by atoms with E-state index in [1.165, 1.54) is 10.4 Å². The predicted molar refractivity (Wildman–Crippen MR) is 132 cm³/mol. The summed E-state index contributed by atoms with van der Waals surface area (Å²) in [4.78, 5) is 26.5. The lowest BCUT2D eigenvalue weighted by molar-refractivity contribution is -0.127. The van der Waals surface area contributed by atoms with Gasteiger partial charge in [0.15, 0.2) is 0 Å². The number of benzene rings is 2. The SMILES string of the molecule is CC(C)n1c(=O)sc2cc(S(=O)(=O)N3CCN(C(=O)C=Cc4ccccc4Cl)CC3)ccc21. The topological polar surface area (TPSA) is 79.7 Å². The number of fused-ring (bicyclic) bond motifs is 1. The second-order valence-electron chi connectivity index (χ2n) is 8.05. The molecule has 0 atom stereocenters. The van der Waals surface area contributed by atoms with Crippen molar-refractivity contribution in [3.05, 3.63) is 68.8 Å². The monoisotopic (exact) mass is 505 g/mol. The molecule has 0 spiro atoms. The first-order chi connectivity index (χ1) is 15.7. The number of aromatic nitrogens is 1. The summed E-state index contributed by atoms with van der Waals surface area (Å²) in [6.07, 6.45) is 3.12. The quantitative estimate of drug-likeness (QED) is 0.493. The van der Waals surface area contributed by atoms with Crippen LogP contribution in [0.3, 0.4) is 0 Å². The van der Waals surface area contributed by atoms with Gasteiger partial charge in [-0.1, -0.05) is 41.1 Å². The van der Waals surface area contributed by atoms with Gasteiger partial charge in [-0.3, -0.25) is 14.2 Å². The number of amides is 1. The predicted octanol–water partition coefficient (Wildman–Crippen LogP) is 3.84. The highest BCUT2D eigenvalue weighted by Crippen LogP contribution is 2.26. The molecule has 174 valence electrons. The summed E-state index contributed by atoms with van der Waals surface area (Å²) in [5, 5.41) is 0.559. The fourth-order valence-electron chi connectivity index (χ4n) is 3.84. The summed E-state index contributed by atoms with van der Waals surface area (Å²) in [6, 6.07) is 12.0. The highest BCUT2D eigenvalue weighted by Gasteiger charge is 2.30. The molecule has 1 amide bonds. The van der Waals surface area contributed by atoms with Gasteiger partial charge in [0.05, 0.1) is 15.1 Å². The standard InChI is InChI=1S/C23H24ClN3O4S2/c1-16(2)27-20-9-8-18(15-21(20)32-23(27)29)33(30,31)26-13-11-25(12-14-26)22(28)10-7-17-5-3-4-6-19(17)24/h3-10,15-16H,11-14H2,1-2H3. The van der Waals surface area contributed by atoms with Crippen molar-refractivity contribution in [1.82, 2.24) is 13.8 Å². The van der Waals surface area contributed by atoms with E-state index < -0.39 is 10.0 Å². The van der Waals surface area contributed by atoms with E-state index in [2.05, 4.69) is 0 Å². The molecule has 0 unspecified atom stereocenters. The Morgan fingerprint density at radius 1 is 1.09 bits per heavy atom. The minimum Gasteiger partial charge on any atom is -0.337 e. The van der Waals surface area contributed by atoms with E-state index in [0.29, 0.717) is 22.8 Å². The molecule has 0 aliphatic carbocycles. The van der Waals surface area contributed by atoms with Gasteiger partial charge in [0.2, 0.25) is 15.9 Å². The van der Waals surface area contributed by atoms with Crippen LogP contribution in [0, 0.1) is 0 Å². The second-order valence-corrected chi connectivity index (χ2v) is 11.4. The fraction of sp³-hybridized carbons (Fsp3) is 0.304. The van der Waals surface area contributed by atoms with Crippen LogP contribution >= 0.6 is 22.9 Å². The Bertz CT molecular complexity index is 1380. The Kier molecular flexibility index (Phi) is 6.76. The molecule has 1 aliphatic heterocycles. The van der Waals surface area contributed by atoms with E-state index in [4.69, 9.17) is 11.6 Å². The number of carbonyl (C=O) groups excluding carboxylic acids is 1. The molecule has 10 heteroatoms. The average molecular weight is 506 g/mol. The van der Waals surface area contributed by atoms with Crippen LogP contribution in [0.15, 0.2) is 58.2 Å². The van der Waals surface area contributed by atoms with Crippen LogP contribution in [-0.2, 0) is 14.8 Å². The third-order valence-electron chi connectivity index (χ3n) is 5.60. The molecule has 2 heterocycles. The number of hydrogen-bond donors (Lipinski definition) is 0. The molecular weight excluding hydrogens is 482 g/mol. The normalized spacial score (nSPS) is 15.7. The molecule has 0 radical (unpaired) electrons. The minimum absolute atomic E-state index is 0.00807. The van der Waals surface area contributed by atoms with Crippen molar-refractivity contribution in [3.63, 3.8) is 0 Å². The molecule has 0 N–H and O–H groups in total. The summed E-state index contributed by atoms with van der Waals surface area (Å²) in [5.74, 6) is -0.187. The van der Waals surface area contributed by atoms with Crippen LogP contribution in [-0.4, -0.2) is 54.3 Å². The Balaban J connectivity index is 1.46. The highest BCUT2D eigenvalue weighted by atomic mass is 35.5. The van der Waals surface area contributed by atoms with Crippen LogP contribution in [0.25, 0.3) is 16.3 Å². The number of piperazine rings is 1. The zero-order valence-corrected chi connectivity index (χ0v) is 20.7. The molecule has 0 saturated carbocycles. The number of hydrogen-bond acceptors (Lipinski definition) is 5. The van der Waals surface area contributed by atoms with Crippen molar-refractivity contribution in [2.24, 2.45) is 0 Å². The summed E-state index contributed by atoms with van der Waals surface area (Å²) in [7, 11) is -3.73. The van der Waals surface area contributed by atoms with Crippen LogP contribution in [0.5, 0.6) is 0 Å². The van der Waals surface area contributed by atoms with Crippen LogP contribution < -0.4 is 4.87 Å². The van der Waals surface area contributed by atoms with Crippen molar-refractivity contribution in [1.29, 1.82) is 0 Å². The van der Waals surface area contributed by atoms with Gasteiger partial charge in [-0.15, -0.1) is 0 Å². The first-order valence-electron chi connectivity index (χ1n) is 10.6. The highest BCUT2D eigenvalue weighted by molar-refractivity contribution is 7.89. The number of carbonyl (C=O) groups is 1. The van der Waals surface area contributed by atoms with Gasteiger partial charge in [0, 0.05) is 43.3 Å². The largest absolute Gasteiger partial charge is 0.337 e. The maximum Gasteiger partial charge on any atom is 0.308 e. The molecule has 1 saturated heterocycles. The summed E-state index contributed by atoms with van der Waals surface area (Å²) < 4.78 is 30.1. The Hall–Kier alpha value is -2.46.